The number of nitrogens with one attached hydrogen (secondary N) is 1. The van der Waals surface area contributed by atoms with Gasteiger partial charge >= 0.3 is 0 Å². The van der Waals surface area contributed by atoms with Crippen LogP contribution in [0, 0.1) is 5.92 Å². The molecule has 1 aliphatic heterocycles. The molecule has 2 N–H and O–H groups in total. The molecule has 2 amide bonds. The fourth-order valence-electron chi connectivity index (χ4n) is 4.06. The Bertz CT molecular complexity index is 840. The first-order valence-corrected chi connectivity index (χ1v) is 11.3. The molecule has 1 fully saturated rings. The average Bonchev–Trinajstić information content (AvgIpc) is 2.82. The van der Waals surface area contributed by atoms with Crippen molar-refractivity contribution in [1.82, 2.24) is 15.3 Å². The van der Waals surface area contributed by atoms with Crippen molar-refractivity contribution in [3.05, 3.63) is 42.6 Å². The number of guanidine groups is 1. The van der Waals surface area contributed by atoms with Gasteiger partial charge in [0.25, 0.3) is 0 Å². The third-order valence-electron chi connectivity index (χ3n) is 5.70. The van der Waals surface area contributed by atoms with Gasteiger partial charge in [0.2, 0.25) is 17.8 Å². The topological polar surface area (TPSA) is 107 Å². The molecule has 33 heavy (non-hydrogen) atoms. The van der Waals surface area contributed by atoms with Crippen LogP contribution in [0.1, 0.15) is 38.7 Å². The highest BCUT2D eigenvalue weighted by Crippen LogP contribution is 2.22. The molecule has 0 bridgehead atoms. The smallest absolute Gasteiger partial charge is 0.244 e. The van der Waals surface area contributed by atoms with Crippen molar-refractivity contribution in [1.29, 1.82) is 0 Å². The van der Waals surface area contributed by atoms with Gasteiger partial charge in [0.05, 0.1) is 6.61 Å². The molecule has 1 aromatic rings. The molecule has 2 rings (SSSR count). The van der Waals surface area contributed by atoms with Gasteiger partial charge in [-0.15, -0.1) is 0 Å². The summed E-state index contributed by atoms with van der Waals surface area (Å²) in [4.78, 5) is 37.0. The molecule has 2 atom stereocenters. The van der Waals surface area contributed by atoms with Crippen LogP contribution < -0.4 is 10.2 Å². The van der Waals surface area contributed by atoms with Crippen LogP contribution in [0.3, 0.4) is 0 Å². The Morgan fingerprint density at radius 3 is 2.64 bits per heavy atom. The van der Waals surface area contributed by atoms with E-state index in [0.717, 1.165) is 24.2 Å². The van der Waals surface area contributed by atoms with E-state index in [1.165, 1.54) is 6.20 Å². The number of carbonyl (C=O) groups is 2. The van der Waals surface area contributed by atoms with Crippen LogP contribution in [0.5, 0.6) is 5.75 Å². The number of amides is 2. The number of hydrogen-bond acceptors (Lipinski definition) is 5. The minimum Gasteiger partial charge on any atom is -0.494 e. The number of aryl methyl sites for hydroxylation is 1. The number of hydroxylamine groups is 1. The van der Waals surface area contributed by atoms with Gasteiger partial charge in [0.15, 0.2) is 0 Å². The zero-order chi connectivity index (χ0) is 24.2. The number of piperazine rings is 1. The lowest BCUT2D eigenvalue weighted by atomic mass is 9.94. The first kappa shape index (κ1) is 26.1. The second-order valence-corrected chi connectivity index (χ2v) is 8.00. The fraction of sp³-hybridized carbons (Fsp3) is 0.500. The van der Waals surface area contributed by atoms with Gasteiger partial charge in [0.1, 0.15) is 5.75 Å². The summed E-state index contributed by atoms with van der Waals surface area (Å²) in [7, 11) is 0. The lowest BCUT2D eigenvalue weighted by Gasteiger charge is -2.41. The van der Waals surface area contributed by atoms with Crippen LogP contribution in [-0.4, -0.2) is 71.8 Å². The molecule has 0 unspecified atom stereocenters. The van der Waals surface area contributed by atoms with Crippen LogP contribution in [0.4, 0.5) is 0 Å². The van der Waals surface area contributed by atoms with E-state index in [9.17, 15) is 9.59 Å². The molecule has 9 nitrogen and oxygen atoms in total. The van der Waals surface area contributed by atoms with Crippen molar-refractivity contribution in [2.75, 3.05) is 26.2 Å². The van der Waals surface area contributed by atoms with Crippen molar-refractivity contribution in [3.63, 3.8) is 0 Å². The number of ether oxygens (including phenoxy) is 1. The molecule has 0 radical (unpaired) electrons. The largest absolute Gasteiger partial charge is 0.494 e. The Labute approximate surface area is 195 Å². The SMILES string of the molecule is C=CN=C(N=C)N1CCN(C(=O)[C@@H](CCCc2ccc(OCC)cc2)CC(=O)NO)[C@H](C)C1. The van der Waals surface area contributed by atoms with Crippen molar-refractivity contribution < 1.29 is 19.5 Å². The molecule has 0 saturated carbocycles. The summed E-state index contributed by atoms with van der Waals surface area (Å²) in [5.41, 5.74) is 2.80. The maximum absolute atomic E-state index is 13.3. The summed E-state index contributed by atoms with van der Waals surface area (Å²) in [5, 5.41) is 8.99. The summed E-state index contributed by atoms with van der Waals surface area (Å²) in [5.74, 6) is 0.168. The number of rotatable bonds is 10. The minimum absolute atomic E-state index is 0.0526. The van der Waals surface area contributed by atoms with E-state index in [2.05, 4.69) is 23.3 Å². The van der Waals surface area contributed by atoms with Gasteiger partial charge in [-0.1, -0.05) is 18.7 Å². The second-order valence-electron chi connectivity index (χ2n) is 8.00. The number of benzene rings is 1. The van der Waals surface area contributed by atoms with Crippen molar-refractivity contribution in [3.8, 4) is 5.75 Å². The van der Waals surface area contributed by atoms with E-state index in [0.29, 0.717) is 38.6 Å². The highest BCUT2D eigenvalue weighted by Gasteiger charge is 2.33. The van der Waals surface area contributed by atoms with Crippen LogP contribution in [0.25, 0.3) is 0 Å². The minimum atomic E-state index is -0.558. The van der Waals surface area contributed by atoms with Gasteiger partial charge in [0, 0.05) is 44.2 Å². The first-order valence-electron chi connectivity index (χ1n) is 11.3. The summed E-state index contributed by atoms with van der Waals surface area (Å²) in [6.07, 6.45) is 3.44. The average molecular weight is 458 g/mol. The third-order valence-corrected chi connectivity index (χ3v) is 5.70. The zero-order valence-corrected chi connectivity index (χ0v) is 19.6. The fourth-order valence-corrected chi connectivity index (χ4v) is 4.06. The maximum atomic E-state index is 13.3. The van der Waals surface area contributed by atoms with E-state index in [1.807, 2.05) is 43.0 Å². The van der Waals surface area contributed by atoms with Gasteiger partial charge < -0.3 is 14.5 Å². The Kier molecular flexibility index (Phi) is 10.6. The molecule has 1 aliphatic rings. The maximum Gasteiger partial charge on any atom is 0.244 e. The Morgan fingerprint density at radius 2 is 2.06 bits per heavy atom. The van der Waals surface area contributed by atoms with Crippen LogP contribution >= 0.6 is 0 Å². The van der Waals surface area contributed by atoms with Gasteiger partial charge in [-0.05, 0) is 57.5 Å². The Morgan fingerprint density at radius 1 is 1.33 bits per heavy atom. The van der Waals surface area contributed by atoms with Gasteiger partial charge in [-0.25, -0.2) is 15.5 Å². The zero-order valence-electron chi connectivity index (χ0n) is 19.6. The van der Waals surface area contributed by atoms with E-state index in [4.69, 9.17) is 9.94 Å². The van der Waals surface area contributed by atoms with E-state index in [1.54, 1.807) is 10.4 Å². The Hall–Kier alpha value is -3.20. The standard InChI is InChI=1S/C24H35N5O4/c1-5-26-24(25-4)28-14-15-29(18(3)17-28)23(31)20(16-22(30)27-32)9-7-8-19-10-12-21(13-11-19)33-6-2/h5,10-13,18,20,32H,1,4,6-9,14-17H2,2-3H3,(H,27,30)/t18-,20+/m1/s1. The van der Waals surface area contributed by atoms with Crippen LogP contribution in [0.15, 0.2) is 47.0 Å². The highest BCUT2D eigenvalue weighted by molar-refractivity contribution is 5.87. The highest BCUT2D eigenvalue weighted by atomic mass is 16.5. The number of hydrogen-bond donors (Lipinski definition) is 2. The Balaban J connectivity index is 2.00. The summed E-state index contributed by atoms with van der Waals surface area (Å²) >= 11 is 0. The van der Waals surface area contributed by atoms with Gasteiger partial charge in [-0.3, -0.25) is 14.8 Å². The molecule has 0 aromatic heterocycles. The lowest BCUT2D eigenvalue weighted by molar-refractivity contribution is -0.143. The number of nitrogens with zero attached hydrogens (tertiary/aromatic N) is 4. The molecule has 1 heterocycles. The predicted octanol–water partition coefficient (Wildman–Crippen LogP) is 2.65. The molecule has 1 saturated heterocycles. The monoisotopic (exact) mass is 457 g/mol. The van der Waals surface area contributed by atoms with Crippen molar-refractivity contribution in [2.24, 2.45) is 15.9 Å². The third kappa shape index (κ3) is 7.71. The molecular weight excluding hydrogens is 422 g/mol. The molecular formula is C24H35N5O4. The summed E-state index contributed by atoms with van der Waals surface area (Å²) in [6, 6.07) is 7.81. The van der Waals surface area contributed by atoms with E-state index < -0.39 is 11.8 Å². The lowest BCUT2D eigenvalue weighted by Crippen LogP contribution is -2.56. The molecule has 0 spiro atoms. The number of aliphatic imine (C=N–C) groups is 2. The van der Waals surface area contributed by atoms with Crippen molar-refractivity contribution in [2.45, 2.75) is 45.6 Å². The second kappa shape index (κ2) is 13.4. The van der Waals surface area contributed by atoms with E-state index >= 15 is 0 Å². The number of carbonyl (C=O) groups excluding carboxylic acids is 2. The van der Waals surface area contributed by atoms with Crippen LogP contribution in [-0.2, 0) is 16.0 Å². The first-order chi connectivity index (χ1) is 15.9. The van der Waals surface area contributed by atoms with E-state index in [-0.39, 0.29) is 18.4 Å². The summed E-state index contributed by atoms with van der Waals surface area (Å²) < 4.78 is 5.47. The molecule has 180 valence electrons. The molecule has 9 heteroatoms. The van der Waals surface area contributed by atoms with Crippen molar-refractivity contribution >= 4 is 24.5 Å². The molecule has 1 aromatic carbocycles. The van der Waals surface area contributed by atoms with Gasteiger partial charge in [-0.2, -0.15) is 0 Å². The predicted molar refractivity (Wildman–Crippen MR) is 129 cm³/mol. The quantitative estimate of drug-likeness (QED) is 0.243. The molecule has 0 aliphatic carbocycles. The van der Waals surface area contributed by atoms with Crippen LogP contribution in [0.2, 0.25) is 0 Å². The normalized spacial score (nSPS) is 17.3. The summed E-state index contributed by atoms with van der Waals surface area (Å²) in [6.45, 7) is 13.3.